The molecule has 1 aromatic carbocycles. The highest BCUT2D eigenvalue weighted by atomic mass is 32.1. The summed E-state index contributed by atoms with van der Waals surface area (Å²) in [5, 5.41) is 14.3. The van der Waals surface area contributed by atoms with E-state index in [0.29, 0.717) is 28.7 Å². The number of pyridine rings is 1. The third-order valence-corrected chi connectivity index (χ3v) is 5.75. The van der Waals surface area contributed by atoms with Crippen LogP contribution in [0.1, 0.15) is 22.5 Å². The molecule has 5 aromatic rings. The van der Waals surface area contributed by atoms with Crippen molar-refractivity contribution in [1.29, 1.82) is 0 Å². The van der Waals surface area contributed by atoms with E-state index in [1.807, 2.05) is 35.0 Å². The summed E-state index contributed by atoms with van der Waals surface area (Å²) in [6.45, 7) is 0.533. The second-order valence-electron chi connectivity index (χ2n) is 6.96. The van der Waals surface area contributed by atoms with Crippen LogP contribution in [0.3, 0.4) is 0 Å². The average molecular weight is 418 g/mol. The summed E-state index contributed by atoms with van der Waals surface area (Å²) in [6, 6.07) is 9.46. The minimum absolute atomic E-state index is 0.189. The topological polar surface area (TPSA) is 108 Å². The zero-order valence-corrected chi connectivity index (χ0v) is 16.7. The number of rotatable bonds is 6. The number of carbonyl (C=O) groups excluding carboxylic acids is 1. The van der Waals surface area contributed by atoms with Crippen LogP contribution in [0.2, 0.25) is 0 Å². The normalized spacial score (nSPS) is 11.3. The summed E-state index contributed by atoms with van der Waals surface area (Å²) in [6.07, 6.45) is 5.02. The lowest BCUT2D eigenvalue weighted by Crippen LogP contribution is -2.25. The van der Waals surface area contributed by atoms with Crippen molar-refractivity contribution in [3.63, 3.8) is 0 Å². The van der Waals surface area contributed by atoms with Gasteiger partial charge < -0.3 is 10.3 Å². The van der Waals surface area contributed by atoms with Crippen molar-refractivity contribution in [3.8, 4) is 11.1 Å². The van der Waals surface area contributed by atoms with E-state index in [1.54, 1.807) is 29.9 Å². The van der Waals surface area contributed by atoms with Gasteiger partial charge in [-0.1, -0.05) is 12.1 Å². The van der Waals surface area contributed by atoms with Gasteiger partial charge in [0.05, 0.1) is 17.4 Å². The molecule has 0 fully saturated rings. The van der Waals surface area contributed by atoms with E-state index in [9.17, 15) is 9.59 Å². The highest BCUT2D eigenvalue weighted by Gasteiger charge is 2.16. The SMILES string of the molecule is O=C(NCCCc1cnc[nH]1)c1cc2n[nH]c(=O)n2c2cc(-c3ccsc3)ccc12. The van der Waals surface area contributed by atoms with Gasteiger partial charge in [-0.25, -0.2) is 19.3 Å². The number of amides is 1. The molecule has 3 N–H and O–H groups in total. The van der Waals surface area contributed by atoms with Gasteiger partial charge in [-0.05, 0) is 52.9 Å². The van der Waals surface area contributed by atoms with Crippen LogP contribution in [0, 0.1) is 0 Å². The minimum Gasteiger partial charge on any atom is -0.352 e. The van der Waals surface area contributed by atoms with Crippen molar-refractivity contribution in [3.05, 3.63) is 75.4 Å². The van der Waals surface area contributed by atoms with Crippen LogP contribution in [0.15, 0.2) is 58.4 Å². The lowest BCUT2D eigenvalue weighted by atomic mass is 10.0. The number of carbonyl (C=O) groups is 1. The predicted molar refractivity (Wildman–Crippen MR) is 116 cm³/mol. The fourth-order valence-electron chi connectivity index (χ4n) is 3.58. The van der Waals surface area contributed by atoms with E-state index < -0.39 is 0 Å². The van der Waals surface area contributed by atoms with Gasteiger partial charge in [0.2, 0.25) is 0 Å². The second kappa shape index (κ2) is 7.60. The predicted octanol–water partition coefficient (Wildman–Crippen LogP) is 2.99. The molecule has 150 valence electrons. The maximum absolute atomic E-state index is 12.9. The minimum atomic E-state index is -0.330. The van der Waals surface area contributed by atoms with Crippen molar-refractivity contribution in [2.24, 2.45) is 0 Å². The molecular weight excluding hydrogens is 400 g/mol. The van der Waals surface area contributed by atoms with E-state index in [0.717, 1.165) is 29.7 Å². The highest BCUT2D eigenvalue weighted by molar-refractivity contribution is 7.08. The Morgan fingerprint density at radius 1 is 1.20 bits per heavy atom. The summed E-state index contributed by atoms with van der Waals surface area (Å²) in [5.74, 6) is -0.189. The first kappa shape index (κ1) is 18.3. The Morgan fingerprint density at radius 2 is 2.13 bits per heavy atom. The molecule has 5 rings (SSSR count). The van der Waals surface area contributed by atoms with Crippen LogP contribution >= 0.6 is 11.3 Å². The summed E-state index contributed by atoms with van der Waals surface area (Å²) in [4.78, 5) is 32.3. The smallest absolute Gasteiger partial charge is 0.348 e. The van der Waals surface area contributed by atoms with Crippen molar-refractivity contribution >= 4 is 33.8 Å². The molecular formula is C21H18N6O2S. The van der Waals surface area contributed by atoms with Crippen LogP contribution < -0.4 is 11.0 Å². The number of aromatic nitrogens is 5. The number of thiophene rings is 1. The monoisotopic (exact) mass is 418 g/mol. The maximum atomic E-state index is 12.9. The number of imidazole rings is 1. The van der Waals surface area contributed by atoms with Crippen LogP contribution in [0.4, 0.5) is 0 Å². The first-order valence-corrected chi connectivity index (χ1v) is 10.5. The Balaban J connectivity index is 1.49. The van der Waals surface area contributed by atoms with Crippen LogP contribution in [-0.2, 0) is 6.42 Å². The average Bonchev–Trinajstić information content (AvgIpc) is 3.52. The standard InChI is InChI=1S/C21H18N6O2S/c28-20(23-6-1-2-15-10-22-12-24-15)17-9-19-25-26-21(29)27(19)18-8-13(3-4-16(17)18)14-5-7-30-11-14/h3-5,7-12H,1-2,6H2,(H,22,24)(H,23,28)(H,26,29). The molecule has 0 aliphatic carbocycles. The number of H-pyrrole nitrogens is 2. The van der Waals surface area contributed by atoms with Gasteiger partial charge in [0.25, 0.3) is 5.91 Å². The molecule has 9 heteroatoms. The summed E-state index contributed by atoms with van der Waals surface area (Å²) >= 11 is 1.61. The Morgan fingerprint density at radius 3 is 2.93 bits per heavy atom. The number of aromatic amines is 2. The number of fused-ring (bicyclic) bond motifs is 3. The molecule has 1 amide bonds. The van der Waals surface area contributed by atoms with Crippen LogP contribution in [-0.4, -0.2) is 37.0 Å². The summed E-state index contributed by atoms with van der Waals surface area (Å²) in [7, 11) is 0. The number of nitrogens with zero attached hydrogens (tertiary/aromatic N) is 3. The molecule has 0 aliphatic heterocycles. The molecule has 0 spiro atoms. The number of nitrogens with one attached hydrogen (secondary N) is 3. The van der Waals surface area contributed by atoms with Gasteiger partial charge >= 0.3 is 5.69 Å². The van der Waals surface area contributed by atoms with Crippen molar-refractivity contribution in [2.45, 2.75) is 12.8 Å². The van der Waals surface area contributed by atoms with E-state index >= 15 is 0 Å². The second-order valence-corrected chi connectivity index (χ2v) is 7.74. The van der Waals surface area contributed by atoms with E-state index in [-0.39, 0.29) is 11.6 Å². The number of aryl methyl sites for hydroxylation is 1. The number of hydrogen-bond donors (Lipinski definition) is 3. The number of hydrogen-bond acceptors (Lipinski definition) is 5. The molecule has 0 aliphatic rings. The van der Waals surface area contributed by atoms with Crippen LogP contribution in [0.25, 0.3) is 27.7 Å². The lowest BCUT2D eigenvalue weighted by molar-refractivity contribution is 0.0955. The lowest BCUT2D eigenvalue weighted by Gasteiger charge is -2.10. The first-order chi connectivity index (χ1) is 14.7. The van der Waals surface area contributed by atoms with Crippen molar-refractivity contribution in [2.75, 3.05) is 6.54 Å². The quantitative estimate of drug-likeness (QED) is 0.368. The third-order valence-electron chi connectivity index (χ3n) is 5.06. The molecule has 0 radical (unpaired) electrons. The van der Waals surface area contributed by atoms with E-state index in [1.165, 1.54) is 4.40 Å². The van der Waals surface area contributed by atoms with Crippen LogP contribution in [0.5, 0.6) is 0 Å². The maximum Gasteiger partial charge on any atom is 0.348 e. The highest BCUT2D eigenvalue weighted by Crippen LogP contribution is 2.28. The number of benzene rings is 1. The summed E-state index contributed by atoms with van der Waals surface area (Å²) < 4.78 is 1.50. The zero-order chi connectivity index (χ0) is 20.5. The Labute approximate surface area is 174 Å². The molecule has 8 nitrogen and oxygen atoms in total. The first-order valence-electron chi connectivity index (χ1n) is 9.52. The Hall–Kier alpha value is -3.72. The molecule has 4 aromatic heterocycles. The van der Waals surface area contributed by atoms with Gasteiger partial charge in [0.1, 0.15) is 0 Å². The van der Waals surface area contributed by atoms with Crippen molar-refractivity contribution in [1.82, 2.24) is 29.9 Å². The molecule has 30 heavy (non-hydrogen) atoms. The third kappa shape index (κ3) is 3.29. The van der Waals surface area contributed by atoms with Gasteiger partial charge in [0.15, 0.2) is 5.65 Å². The van der Waals surface area contributed by atoms with Gasteiger partial charge in [-0.15, -0.1) is 0 Å². The molecule has 4 heterocycles. The van der Waals surface area contributed by atoms with Gasteiger partial charge in [-0.2, -0.15) is 16.4 Å². The van der Waals surface area contributed by atoms with Gasteiger partial charge in [0, 0.05) is 23.8 Å². The van der Waals surface area contributed by atoms with E-state index in [2.05, 4.69) is 25.5 Å². The Kier molecular flexibility index (Phi) is 4.64. The summed E-state index contributed by atoms with van der Waals surface area (Å²) in [5.41, 5.74) is 4.32. The Bertz CT molecular complexity index is 1380. The molecule has 0 saturated carbocycles. The largest absolute Gasteiger partial charge is 0.352 e. The fourth-order valence-corrected chi connectivity index (χ4v) is 4.25. The zero-order valence-electron chi connectivity index (χ0n) is 15.9. The molecule has 0 unspecified atom stereocenters. The van der Waals surface area contributed by atoms with Gasteiger partial charge in [-0.3, -0.25) is 4.79 Å². The molecule has 0 atom stereocenters. The fraction of sp³-hybridized carbons (Fsp3) is 0.143. The molecule has 0 bridgehead atoms. The van der Waals surface area contributed by atoms with Crippen molar-refractivity contribution < 1.29 is 4.79 Å². The van der Waals surface area contributed by atoms with E-state index in [4.69, 9.17) is 0 Å². The molecule has 0 saturated heterocycles.